The predicted molar refractivity (Wildman–Crippen MR) is 84.3 cm³/mol. The van der Waals surface area contributed by atoms with Gasteiger partial charge in [0.25, 0.3) is 0 Å². The van der Waals surface area contributed by atoms with Crippen molar-refractivity contribution in [3.8, 4) is 0 Å². The number of amidine groups is 1. The highest BCUT2D eigenvalue weighted by atomic mass is 79.9. The second kappa shape index (κ2) is 6.48. The highest BCUT2D eigenvalue weighted by Gasteiger charge is 2.06. The molecule has 0 heterocycles. The molecule has 2 aromatic carbocycles. The molecule has 4 heteroatoms. The maximum absolute atomic E-state index is 12.1. The van der Waals surface area contributed by atoms with E-state index < -0.39 is 0 Å². The Hall–Kier alpha value is -1.94. The minimum absolute atomic E-state index is 0.0473. The van der Waals surface area contributed by atoms with Gasteiger partial charge in [0, 0.05) is 22.0 Å². The van der Waals surface area contributed by atoms with Crippen molar-refractivity contribution in [1.82, 2.24) is 0 Å². The number of ketones is 1. The van der Waals surface area contributed by atoms with Crippen LogP contribution in [0.25, 0.3) is 0 Å². The molecule has 0 aliphatic heterocycles. The van der Waals surface area contributed by atoms with Gasteiger partial charge < -0.3 is 5.73 Å². The van der Waals surface area contributed by atoms with Gasteiger partial charge in [-0.2, -0.15) is 0 Å². The first-order valence-corrected chi connectivity index (χ1v) is 7.07. The van der Waals surface area contributed by atoms with Gasteiger partial charge in [0.2, 0.25) is 0 Å². The van der Waals surface area contributed by atoms with E-state index in [1.165, 1.54) is 0 Å². The van der Waals surface area contributed by atoms with Crippen LogP contribution in [-0.2, 0) is 6.42 Å². The zero-order valence-corrected chi connectivity index (χ0v) is 12.5. The predicted octanol–water partition coefficient (Wildman–Crippen LogP) is 3.55. The number of benzene rings is 2. The van der Waals surface area contributed by atoms with E-state index in [0.29, 0.717) is 18.4 Å². The van der Waals surface area contributed by atoms with E-state index in [4.69, 9.17) is 11.1 Å². The molecule has 0 unspecified atom stereocenters. The van der Waals surface area contributed by atoms with E-state index in [2.05, 4.69) is 15.9 Å². The van der Waals surface area contributed by atoms with E-state index in [1.807, 2.05) is 42.5 Å². The molecule has 102 valence electrons. The highest BCUT2D eigenvalue weighted by molar-refractivity contribution is 9.10. The molecule has 3 N–H and O–H groups in total. The summed E-state index contributed by atoms with van der Waals surface area (Å²) in [6.45, 7) is 0. The number of aryl methyl sites for hydroxylation is 1. The van der Waals surface area contributed by atoms with Crippen LogP contribution in [0.15, 0.2) is 53.0 Å². The fourth-order valence-corrected chi connectivity index (χ4v) is 2.20. The molecular weight excluding hydrogens is 316 g/mol. The second-order valence-electron chi connectivity index (χ2n) is 4.54. The van der Waals surface area contributed by atoms with E-state index in [1.54, 1.807) is 6.07 Å². The molecule has 20 heavy (non-hydrogen) atoms. The van der Waals surface area contributed by atoms with Gasteiger partial charge >= 0.3 is 0 Å². The zero-order chi connectivity index (χ0) is 14.5. The normalized spacial score (nSPS) is 10.2. The molecule has 0 aliphatic carbocycles. The summed E-state index contributed by atoms with van der Waals surface area (Å²) in [5.41, 5.74) is 7.88. The number of carbonyl (C=O) groups excluding carboxylic acids is 1. The van der Waals surface area contributed by atoms with Crippen LogP contribution in [0.3, 0.4) is 0 Å². The average Bonchev–Trinajstić information content (AvgIpc) is 2.46. The first-order chi connectivity index (χ1) is 9.56. The van der Waals surface area contributed by atoms with Crippen molar-refractivity contribution >= 4 is 27.5 Å². The van der Waals surface area contributed by atoms with Crippen molar-refractivity contribution in [1.29, 1.82) is 5.41 Å². The fraction of sp³-hybridized carbons (Fsp3) is 0.125. The number of nitrogens with two attached hydrogens (primary N) is 1. The molecule has 0 saturated carbocycles. The second-order valence-corrected chi connectivity index (χ2v) is 5.46. The Bertz CT molecular complexity index is 635. The molecule has 0 aromatic heterocycles. The molecular formula is C16H15BrN2O. The van der Waals surface area contributed by atoms with Crippen molar-refractivity contribution in [3.63, 3.8) is 0 Å². The minimum atomic E-state index is 0.0473. The van der Waals surface area contributed by atoms with Crippen molar-refractivity contribution in [2.75, 3.05) is 0 Å². The summed E-state index contributed by atoms with van der Waals surface area (Å²) in [7, 11) is 0. The first kappa shape index (κ1) is 14.5. The van der Waals surface area contributed by atoms with Crippen LogP contribution < -0.4 is 5.73 Å². The number of hydrogen-bond acceptors (Lipinski definition) is 2. The number of halogens is 1. The van der Waals surface area contributed by atoms with Crippen LogP contribution in [0.5, 0.6) is 0 Å². The molecule has 0 spiro atoms. The Labute approximate surface area is 126 Å². The summed E-state index contributed by atoms with van der Waals surface area (Å²) in [6, 6.07) is 14.8. The molecule has 0 saturated heterocycles. The lowest BCUT2D eigenvalue weighted by Crippen LogP contribution is -2.11. The van der Waals surface area contributed by atoms with Crippen LogP contribution in [-0.4, -0.2) is 11.6 Å². The molecule has 0 radical (unpaired) electrons. The summed E-state index contributed by atoms with van der Waals surface area (Å²) >= 11 is 3.35. The van der Waals surface area contributed by atoms with E-state index in [-0.39, 0.29) is 11.6 Å². The Morgan fingerprint density at radius 3 is 2.45 bits per heavy atom. The molecule has 3 nitrogen and oxygen atoms in total. The summed E-state index contributed by atoms with van der Waals surface area (Å²) in [5, 5.41) is 7.41. The van der Waals surface area contributed by atoms with E-state index in [0.717, 1.165) is 15.6 Å². The van der Waals surface area contributed by atoms with Gasteiger partial charge in [0.1, 0.15) is 5.84 Å². The van der Waals surface area contributed by atoms with E-state index >= 15 is 0 Å². The highest BCUT2D eigenvalue weighted by Crippen LogP contribution is 2.14. The Morgan fingerprint density at radius 1 is 1.10 bits per heavy atom. The topological polar surface area (TPSA) is 66.9 Å². The number of carbonyl (C=O) groups is 1. The number of Topliss-reactive ketones (excluding diaryl/α,β-unsaturated/α-hetero) is 1. The molecule has 0 fully saturated rings. The van der Waals surface area contributed by atoms with E-state index in [9.17, 15) is 4.79 Å². The standard InChI is InChI=1S/C16H15BrN2O/c17-14-7-5-12(6-8-14)15(20)9-4-11-2-1-3-13(10-11)16(18)19/h1-3,5-8,10H,4,9H2,(H3,18,19). The lowest BCUT2D eigenvalue weighted by molar-refractivity contribution is 0.0983. The third-order valence-electron chi connectivity index (χ3n) is 3.04. The third kappa shape index (κ3) is 3.78. The lowest BCUT2D eigenvalue weighted by Gasteiger charge is -2.04. The zero-order valence-electron chi connectivity index (χ0n) is 10.9. The Morgan fingerprint density at radius 2 is 1.80 bits per heavy atom. The number of nitrogens with one attached hydrogen (secondary N) is 1. The number of rotatable bonds is 5. The van der Waals surface area contributed by atoms with Crippen LogP contribution in [0.1, 0.15) is 27.9 Å². The van der Waals surface area contributed by atoms with Crippen LogP contribution in [0.4, 0.5) is 0 Å². The number of hydrogen-bond donors (Lipinski definition) is 2. The van der Waals surface area contributed by atoms with Crippen LogP contribution in [0, 0.1) is 5.41 Å². The van der Waals surface area contributed by atoms with Gasteiger partial charge in [0.15, 0.2) is 5.78 Å². The van der Waals surface area contributed by atoms with Gasteiger partial charge in [-0.3, -0.25) is 10.2 Å². The fourth-order valence-electron chi connectivity index (χ4n) is 1.93. The van der Waals surface area contributed by atoms with Crippen LogP contribution in [0.2, 0.25) is 0 Å². The summed E-state index contributed by atoms with van der Waals surface area (Å²) in [5.74, 6) is 0.164. The largest absolute Gasteiger partial charge is 0.384 e. The molecule has 2 aromatic rings. The SMILES string of the molecule is N=C(N)c1cccc(CCC(=O)c2ccc(Br)cc2)c1. The van der Waals surface area contributed by atoms with Gasteiger partial charge in [-0.25, -0.2) is 0 Å². The lowest BCUT2D eigenvalue weighted by atomic mass is 10.0. The third-order valence-corrected chi connectivity index (χ3v) is 3.57. The smallest absolute Gasteiger partial charge is 0.163 e. The molecule has 2 rings (SSSR count). The monoisotopic (exact) mass is 330 g/mol. The maximum atomic E-state index is 12.1. The molecule has 0 atom stereocenters. The minimum Gasteiger partial charge on any atom is -0.384 e. The molecule has 0 amide bonds. The van der Waals surface area contributed by atoms with Crippen molar-refractivity contribution in [2.45, 2.75) is 12.8 Å². The van der Waals surface area contributed by atoms with Crippen molar-refractivity contribution < 1.29 is 4.79 Å². The Balaban J connectivity index is 2.01. The van der Waals surface area contributed by atoms with Crippen LogP contribution >= 0.6 is 15.9 Å². The Kier molecular flexibility index (Phi) is 4.69. The first-order valence-electron chi connectivity index (χ1n) is 6.28. The van der Waals surface area contributed by atoms with Gasteiger partial charge in [-0.1, -0.05) is 46.3 Å². The van der Waals surface area contributed by atoms with Gasteiger partial charge in [0.05, 0.1) is 0 Å². The summed E-state index contributed by atoms with van der Waals surface area (Å²) in [6.07, 6.45) is 1.10. The average molecular weight is 331 g/mol. The maximum Gasteiger partial charge on any atom is 0.163 e. The number of nitrogen functional groups attached to an aromatic ring is 1. The molecule has 0 bridgehead atoms. The van der Waals surface area contributed by atoms with Crippen molar-refractivity contribution in [2.24, 2.45) is 5.73 Å². The van der Waals surface area contributed by atoms with Gasteiger partial charge in [-0.05, 0) is 30.2 Å². The van der Waals surface area contributed by atoms with Gasteiger partial charge in [-0.15, -0.1) is 0 Å². The molecule has 0 aliphatic rings. The summed E-state index contributed by atoms with van der Waals surface area (Å²) in [4.78, 5) is 12.1. The summed E-state index contributed by atoms with van der Waals surface area (Å²) < 4.78 is 0.961. The van der Waals surface area contributed by atoms with Crippen molar-refractivity contribution in [3.05, 3.63) is 69.7 Å². The quantitative estimate of drug-likeness (QED) is 0.500.